The predicted octanol–water partition coefficient (Wildman–Crippen LogP) is 3.59. The zero-order valence-electron chi connectivity index (χ0n) is 16.8. The van der Waals surface area contributed by atoms with Crippen molar-refractivity contribution in [2.75, 3.05) is 51.4 Å². The molecule has 1 aliphatic rings. The van der Waals surface area contributed by atoms with Gasteiger partial charge in [0.2, 0.25) is 0 Å². The van der Waals surface area contributed by atoms with Gasteiger partial charge in [0.25, 0.3) is 5.91 Å². The number of thiazole rings is 1. The third kappa shape index (κ3) is 4.58. The summed E-state index contributed by atoms with van der Waals surface area (Å²) < 4.78 is 11.8. The average Bonchev–Trinajstić information content (AvgIpc) is 3.17. The molecule has 0 atom stereocenters. The molecule has 2 heterocycles. The number of nitrogens with zero attached hydrogens (tertiary/aromatic N) is 3. The second kappa shape index (κ2) is 8.90. The molecule has 1 aromatic heterocycles. The topological polar surface area (TPSA) is 54.9 Å². The molecular weight excluding hydrogens is 386 g/mol. The predicted molar refractivity (Wildman–Crippen MR) is 116 cm³/mol. The number of hydrogen-bond acceptors (Lipinski definition) is 6. The second-order valence-electron chi connectivity index (χ2n) is 7.11. The first kappa shape index (κ1) is 19.8. The van der Waals surface area contributed by atoms with Gasteiger partial charge in [-0.2, -0.15) is 0 Å². The summed E-state index contributed by atoms with van der Waals surface area (Å²) in [6.07, 6.45) is 0. The summed E-state index contributed by atoms with van der Waals surface area (Å²) in [5.74, 6) is 0.765. The molecule has 0 N–H and O–H groups in total. The van der Waals surface area contributed by atoms with Crippen molar-refractivity contribution < 1.29 is 14.3 Å². The summed E-state index contributed by atoms with van der Waals surface area (Å²) in [7, 11) is 1.65. The third-order valence-corrected chi connectivity index (χ3v) is 6.14. The summed E-state index contributed by atoms with van der Waals surface area (Å²) in [6.45, 7) is 6.67. The molecule has 4 rings (SSSR count). The maximum absolute atomic E-state index is 13.4. The van der Waals surface area contributed by atoms with Gasteiger partial charge < -0.3 is 9.47 Å². The first-order valence-corrected chi connectivity index (χ1v) is 10.6. The summed E-state index contributed by atoms with van der Waals surface area (Å²) in [5.41, 5.74) is 2.68. The van der Waals surface area contributed by atoms with E-state index in [0.29, 0.717) is 17.2 Å². The normalized spacial score (nSPS) is 14.8. The van der Waals surface area contributed by atoms with Crippen molar-refractivity contribution in [3.63, 3.8) is 0 Å². The summed E-state index contributed by atoms with van der Waals surface area (Å²) >= 11 is 1.52. The zero-order valence-corrected chi connectivity index (χ0v) is 17.6. The van der Waals surface area contributed by atoms with Gasteiger partial charge in [-0.15, -0.1) is 0 Å². The lowest BCUT2D eigenvalue weighted by atomic mass is 10.1. The number of benzene rings is 2. The van der Waals surface area contributed by atoms with Gasteiger partial charge in [0, 0.05) is 31.7 Å². The zero-order chi connectivity index (χ0) is 20.2. The smallest absolute Gasteiger partial charge is 0.260 e. The van der Waals surface area contributed by atoms with E-state index >= 15 is 0 Å². The van der Waals surface area contributed by atoms with Gasteiger partial charge in [0.05, 0.1) is 30.5 Å². The number of aromatic nitrogens is 1. The van der Waals surface area contributed by atoms with Crippen molar-refractivity contribution in [2.45, 2.75) is 6.92 Å². The van der Waals surface area contributed by atoms with Crippen LogP contribution in [0.15, 0.2) is 42.5 Å². The molecule has 1 saturated heterocycles. The number of rotatable bonds is 6. The molecule has 2 aromatic carbocycles. The van der Waals surface area contributed by atoms with Gasteiger partial charge in [0.15, 0.2) is 5.13 Å². The Hall–Kier alpha value is -2.48. The highest BCUT2D eigenvalue weighted by Crippen LogP contribution is 2.32. The molecule has 0 bridgehead atoms. The number of carbonyl (C=O) groups is 1. The first-order chi connectivity index (χ1) is 14.1. The van der Waals surface area contributed by atoms with Crippen molar-refractivity contribution in [1.82, 2.24) is 9.88 Å². The lowest BCUT2D eigenvalue weighted by Crippen LogP contribution is -2.43. The highest BCUT2D eigenvalue weighted by Gasteiger charge is 2.23. The van der Waals surface area contributed by atoms with Crippen LogP contribution in [0.4, 0.5) is 5.13 Å². The van der Waals surface area contributed by atoms with Crippen molar-refractivity contribution in [3.8, 4) is 5.75 Å². The van der Waals surface area contributed by atoms with Crippen LogP contribution in [0.1, 0.15) is 15.9 Å². The molecule has 1 amide bonds. The Balaban J connectivity index is 1.63. The lowest BCUT2D eigenvalue weighted by molar-refractivity contribution is 0.0391. The maximum Gasteiger partial charge on any atom is 0.260 e. The minimum Gasteiger partial charge on any atom is -0.497 e. The van der Waals surface area contributed by atoms with Gasteiger partial charge in [-0.1, -0.05) is 29.0 Å². The number of anilines is 1. The number of carbonyl (C=O) groups excluding carboxylic acids is 1. The van der Waals surface area contributed by atoms with Gasteiger partial charge in [-0.05, 0) is 37.3 Å². The number of ether oxygens (including phenoxy) is 2. The molecule has 0 saturated carbocycles. The molecule has 0 radical (unpaired) electrons. The Morgan fingerprint density at radius 2 is 1.97 bits per heavy atom. The number of aryl methyl sites for hydroxylation is 1. The number of methoxy groups -OCH3 is 1. The molecule has 7 heteroatoms. The number of morpholine rings is 1. The Morgan fingerprint density at radius 3 is 2.69 bits per heavy atom. The summed E-state index contributed by atoms with van der Waals surface area (Å²) in [6, 6.07) is 13.5. The minimum atomic E-state index is -0.0238. The lowest BCUT2D eigenvalue weighted by Gasteiger charge is -2.29. The summed E-state index contributed by atoms with van der Waals surface area (Å²) in [5, 5.41) is 0.715. The highest BCUT2D eigenvalue weighted by atomic mass is 32.1. The van der Waals surface area contributed by atoms with Crippen molar-refractivity contribution in [3.05, 3.63) is 53.6 Å². The van der Waals surface area contributed by atoms with Crippen LogP contribution in [0.2, 0.25) is 0 Å². The van der Waals surface area contributed by atoms with E-state index in [2.05, 4.69) is 4.90 Å². The second-order valence-corrected chi connectivity index (χ2v) is 8.12. The van der Waals surface area contributed by atoms with Crippen LogP contribution in [-0.4, -0.2) is 62.3 Å². The van der Waals surface area contributed by atoms with Crippen LogP contribution in [0, 0.1) is 6.92 Å². The van der Waals surface area contributed by atoms with Crippen LogP contribution >= 0.6 is 11.3 Å². The SMILES string of the molecule is COc1ccc2nc(N(CCN3CCOCC3)C(=O)c3ccc(C)cc3)sc2c1. The molecule has 152 valence electrons. The van der Waals surface area contributed by atoms with Crippen LogP contribution in [0.5, 0.6) is 5.75 Å². The monoisotopic (exact) mass is 411 g/mol. The standard InChI is InChI=1S/C22H25N3O3S/c1-16-3-5-17(6-4-16)21(26)25(10-9-24-11-13-28-14-12-24)22-23-19-8-7-18(27-2)15-20(19)29-22/h3-8,15H,9-14H2,1-2H3. The fourth-order valence-corrected chi connectivity index (χ4v) is 4.36. The molecule has 0 spiro atoms. The molecule has 1 fully saturated rings. The van der Waals surface area contributed by atoms with E-state index in [1.807, 2.05) is 49.4 Å². The van der Waals surface area contributed by atoms with Gasteiger partial charge in [-0.3, -0.25) is 14.6 Å². The van der Waals surface area contributed by atoms with Crippen molar-refractivity contribution >= 4 is 32.6 Å². The molecule has 1 aliphatic heterocycles. The Labute approximate surface area is 174 Å². The Bertz CT molecular complexity index is 981. The third-order valence-electron chi connectivity index (χ3n) is 5.10. The molecule has 3 aromatic rings. The maximum atomic E-state index is 13.4. The van der Waals surface area contributed by atoms with Crippen LogP contribution in [-0.2, 0) is 4.74 Å². The van der Waals surface area contributed by atoms with E-state index in [4.69, 9.17) is 14.5 Å². The molecule has 6 nitrogen and oxygen atoms in total. The van der Waals surface area contributed by atoms with Crippen LogP contribution < -0.4 is 9.64 Å². The molecular formula is C22H25N3O3S. The number of amides is 1. The van der Waals surface area contributed by atoms with E-state index in [0.717, 1.165) is 54.4 Å². The van der Waals surface area contributed by atoms with E-state index < -0.39 is 0 Å². The Morgan fingerprint density at radius 1 is 1.21 bits per heavy atom. The van der Waals surface area contributed by atoms with Crippen molar-refractivity contribution in [2.24, 2.45) is 0 Å². The molecule has 0 unspecified atom stereocenters. The van der Waals surface area contributed by atoms with Crippen LogP contribution in [0.25, 0.3) is 10.2 Å². The quantitative estimate of drug-likeness (QED) is 0.620. The van der Waals surface area contributed by atoms with E-state index in [9.17, 15) is 4.79 Å². The fourth-order valence-electron chi connectivity index (χ4n) is 3.34. The molecule has 0 aliphatic carbocycles. The van der Waals surface area contributed by atoms with Gasteiger partial charge >= 0.3 is 0 Å². The van der Waals surface area contributed by atoms with E-state index in [1.54, 1.807) is 12.0 Å². The van der Waals surface area contributed by atoms with Crippen molar-refractivity contribution in [1.29, 1.82) is 0 Å². The summed E-state index contributed by atoms with van der Waals surface area (Å²) in [4.78, 5) is 22.2. The van der Waals surface area contributed by atoms with E-state index in [-0.39, 0.29) is 5.91 Å². The average molecular weight is 412 g/mol. The minimum absolute atomic E-state index is 0.0238. The van der Waals surface area contributed by atoms with Gasteiger partial charge in [0.1, 0.15) is 5.75 Å². The fraction of sp³-hybridized carbons (Fsp3) is 0.364. The van der Waals surface area contributed by atoms with Crippen LogP contribution in [0.3, 0.4) is 0 Å². The number of hydrogen-bond donors (Lipinski definition) is 0. The molecule has 29 heavy (non-hydrogen) atoms. The van der Waals surface area contributed by atoms with Gasteiger partial charge in [-0.25, -0.2) is 4.98 Å². The van der Waals surface area contributed by atoms with E-state index in [1.165, 1.54) is 11.3 Å². The largest absolute Gasteiger partial charge is 0.497 e. The Kier molecular flexibility index (Phi) is 6.08. The number of fused-ring (bicyclic) bond motifs is 1. The first-order valence-electron chi connectivity index (χ1n) is 9.77. The highest BCUT2D eigenvalue weighted by molar-refractivity contribution is 7.22.